The van der Waals surface area contributed by atoms with Gasteiger partial charge in [-0.3, -0.25) is 0 Å². The molecule has 2 N–H and O–H groups in total. The zero-order valence-electron chi connectivity index (χ0n) is 11.0. The van der Waals surface area contributed by atoms with Gasteiger partial charge in [0.2, 0.25) is 0 Å². The van der Waals surface area contributed by atoms with Crippen molar-refractivity contribution in [2.75, 3.05) is 0 Å². The second kappa shape index (κ2) is 4.02. The average Bonchev–Trinajstić information content (AvgIpc) is 2.33. The number of carboxylic acids is 1. The Morgan fingerprint density at radius 3 is 2.06 bits per heavy atom. The molecule has 0 unspecified atom stereocenters. The molecule has 0 bridgehead atoms. The first-order valence-electron chi connectivity index (χ1n) is 5.81. The molecule has 2 aromatic carbocycles. The van der Waals surface area contributed by atoms with Gasteiger partial charge in [-0.05, 0) is 66.8 Å². The van der Waals surface area contributed by atoms with Crippen LogP contribution in [-0.4, -0.2) is 16.2 Å². The van der Waals surface area contributed by atoms with Crippen LogP contribution in [0.3, 0.4) is 0 Å². The van der Waals surface area contributed by atoms with Gasteiger partial charge in [0.15, 0.2) is 0 Å². The van der Waals surface area contributed by atoms with Gasteiger partial charge in [-0.25, -0.2) is 4.79 Å². The number of rotatable bonds is 1. The minimum atomic E-state index is -0.919. The van der Waals surface area contributed by atoms with E-state index >= 15 is 0 Å². The highest BCUT2D eigenvalue weighted by Crippen LogP contribution is 2.35. The van der Waals surface area contributed by atoms with Crippen LogP contribution in [0.4, 0.5) is 0 Å². The number of fused-ring (bicyclic) bond motifs is 1. The van der Waals surface area contributed by atoms with Crippen LogP contribution in [0.15, 0.2) is 12.1 Å². The number of carbonyl (C=O) groups is 1. The zero-order chi connectivity index (χ0) is 13.6. The van der Waals surface area contributed by atoms with E-state index in [1.165, 1.54) is 0 Å². The zero-order valence-corrected chi connectivity index (χ0v) is 11.0. The predicted molar refractivity (Wildman–Crippen MR) is 71.5 cm³/mol. The lowest BCUT2D eigenvalue weighted by atomic mass is 9.92. The van der Waals surface area contributed by atoms with Crippen molar-refractivity contribution in [3.8, 4) is 5.75 Å². The largest absolute Gasteiger partial charge is 0.507 e. The molecular formula is C15H16O3. The smallest absolute Gasteiger partial charge is 0.335 e. The standard InChI is InChI=1S/C15H16O3/c1-7-5-12-10(4)14(16)9(3)8(2)13(12)6-11(7)15(17)18/h5-6,16H,1-4H3,(H,17,18). The molecule has 0 aliphatic rings. The van der Waals surface area contributed by atoms with Crippen LogP contribution in [0.5, 0.6) is 5.75 Å². The highest BCUT2D eigenvalue weighted by atomic mass is 16.4. The van der Waals surface area contributed by atoms with Gasteiger partial charge < -0.3 is 10.2 Å². The molecule has 0 aliphatic heterocycles. The average molecular weight is 244 g/mol. The van der Waals surface area contributed by atoms with E-state index in [0.29, 0.717) is 16.9 Å². The number of aromatic hydroxyl groups is 1. The van der Waals surface area contributed by atoms with Gasteiger partial charge >= 0.3 is 5.97 Å². The summed E-state index contributed by atoms with van der Waals surface area (Å²) in [6.07, 6.45) is 0. The van der Waals surface area contributed by atoms with E-state index in [0.717, 1.165) is 27.5 Å². The Hall–Kier alpha value is -2.03. The minimum Gasteiger partial charge on any atom is -0.507 e. The number of hydrogen-bond donors (Lipinski definition) is 2. The maximum absolute atomic E-state index is 11.2. The van der Waals surface area contributed by atoms with Gasteiger partial charge in [0, 0.05) is 0 Å². The summed E-state index contributed by atoms with van der Waals surface area (Å²) in [7, 11) is 0. The van der Waals surface area contributed by atoms with Crippen LogP contribution in [0.2, 0.25) is 0 Å². The van der Waals surface area contributed by atoms with Crippen LogP contribution in [0.1, 0.15) is 32.6 Å². The molecule has 2 aromatic rings. The number of phenolic OH excluding ortho intramolecular Hbond substituents is 1. The molecule has 0 fully saturated rings. The second-order valence-corrected chi connectivity index (χ2v) is 4.74. The first-order valence-corrected chi connectivity index (χ1v) is 5.81. The Morgan fingerprint density at radius 2 is 1.50 bits per heavy atom. The normalized spacial score (nSPS) is 10.9. The Labute approximate surface area is 106 Å². The van der Waals surface area contributed by atoms with Crippen molar-refractivity contribution in [1.82, 2.24) is 0 Å². The highest BCUT2D eigenvalue weighted by Gasteiger charge is 2.15. The molecular weight excluding hydrogens is 228 g/mol. The first-order chi connectivity index (χ1) is 8.34. The third kappa shape index (κ3) is 1.63. The van der Waals surface area contributed by atoms with Gasteiger partial charge in [-0.1, -0.05) is 6.07 Å². The lowest BCUT2D eigenvalue weighted by molar-refractivity contribution is 0.0696. The summed E-state index contributed by atoms with van der Waals surface area (Å²) in [5.41, 5.74) is 3.56. The molecule has 0 radical (unpaired) electrons. The number of benzene rings is 2. The second-order valence-electron chi connectivity index (χ2n) is 4.74. The van der Waals surface area contributed by atoms with Crippen molar-refractivity contribution < 1.29 is 15.0 Å². The molecule has 0 aliphatic carbocycles. The van der Waals surface area contributed by atoms with Crippen molar-refractivity contribution in [2.45, 2.75) is 27.7 Å². The van der Waals surface area contributed by atoms with Gasteiger partial charge in [0.25, 0.3) is 0 Å². The quantitative estimate of drug-likeness (QED) is 0.807. The molecule has 0 amide bonds. The summed E-state index contributed by atoms with van der Waals surface area (Å²) in [6.45, 7) is 7.37. The fourth-order valence-corrected chi connectivity index (χ4v) is 2.35. The predicted octanol–water partition coefficient (Wildman–Crippen LogP) is 3.48. The number of carboxylic acid groups (broad SMARTS) is 1. The highest BCUT2D eigenvalue weighted by molar-refractivity contribution is 5.99. The molecule has 94 valence electrons. The molecule has 0 spiro atoms. The van der Waals surface area contributed by atoms with E-state index in [9.17, 15) is 9.90 Å². The topological polar surface area (TPSA) is 57.5 Å². The maximum Gasteiger partial charge on any atom is 0.335 e. The van der Waals surface area contributed by atoms with Gasteiger partial charge in [0.05, 0.1) is 5.56 Å². The molecule has 0 saturated heterocycles. The van der Waals surface area contributed by atoms with Gasteiger partial charge in [-0.2, -0.15) is 0 Å². The van der Waals surface area contributed by atoms with E-state index in [4.69, 9.17) is 5.11 Å². The summed E-state index contributed by atoms with van der Waals surface area (Å²) in [4.78, 5) is 11.2. The molecule has 18 heavy (non-hydrogen) atoms. The SMILES string of the molecule is Cc1cc2c(C)c(O)c(C)c(C)c2cc1C(=O)O. The van der Waals surface area contributed by atoms with E-state index in [1.54, 1.807) is 13.0 Å². The van der Waals surface area contributed by atoms with E-state index in [2.05, 4.69) is 0 Å². The molecule has 0 heterocycles. The number of phenols is 1. The summed E-state index contributed by atoms with van der Waals surface area (Å²) in [5, 5.41) is 21.0. The summed E-state index contributed by atoms with van der Waals surface area (Å²) < 4.78 is 0. The number of hydrogen-bond acceptors (Lipinski definition) is 2. The van der Waals surface area contributed by atoms with Crippen molar-refractivity contribution in [3.05, 3.63) is 39.9 Å². The lowest BCUT2D eigenvalue weighted by Gasteiger charge is -2.14. The first kappa shape index (κ1) is 12.4. The van der Waals surface area contributed by atoms with E-state index in [1.807, 2.05) is 26.8 Å². The third-order valence-electron chi connectivity index (χ3n) is 3.68. The van der Waals surface area contributed by atoms with Crippen LogP contribution < -0.4 is 0 Å². The summed E-state index contributed by atoms with van der Waals surface area (Å²) in [5.74, 6) is -0.625. The Kier molecular flexibility index (Phi) is 2.77. The Balaban J connectivity index is 2.98. The fourth-order valence-electron chi connectivity index (χ4n) is 2.35. The molecule has 0 atom stereocenters. The van der Waals surface area contributed by atoms with Crippen LogP contribution >= 0.6 is 0 Å². The van der Waals surface area contributed by atoms with Crippen molar-refractivity contribution in [1.29, 1.82) is 0 Å². The summed E-state index contributed by atoms with van der Waals surface area (Å²) >= 11 is 0. The minimum absolute atomic E-state index is 0.294. The van der Waals surface area contributed by atoms with Crippen molar-refractivity contribution in [2.24, 2.45) is 0 Å². The van der Waals surface area contributed by atoms with E-state index in [-0.39, 0.29) is 0 Å². The van der Waals surface area contributed by atoms with Gasteiger partial charge in [-0.15, -0.1) is 0 Å². The maximum atomic E-state index is 11.2. The van der Waals surface area contributed by atoms with Crippen LogP contribution in [0, 0.1) is 27.7 Å². The molecule has 0 aromatic heterocycles. The van der Waals surface area contributed by atoms with Crippen LogP contribution in [-0.2, 0) is 0 Å². The van der Waals surface area contributed by atoms with E-state index < -0.39 is 5.97 Å². The summed E-state index contributed by atoms with van der Waals surface area (Å²) in [6, 6.07) is 3.53. The van der Waals surface area contributed by atoms with Gasteiger partial charge in [0.1, 0.15) is 5.75 Å². The lowest BCUT2D eigenvalue weighted by Crippen LogP contribution is -2.01. The molecule has 3 nitrogen and oxygen atoms in total. The fraction of sp³-hybridized carbons (Fsp3) is 0.267. The Bertz CT molecular complexity index is 669. The number of aryl methyl sites for hydroxylation is 3. The van der Waals surface area contributed by atoms with Crippen LogP contribution in [0.25, 0.3) is 10.8 Å². The number of aromatic carboxylic acids is 1. The monoisotopic (exact) mass is 244 g/mol. The molecule has 0 saturated carbocycles. The third-order valence-corrected chi connectivity index (χ3v) is 3.68. The van der Waals surface area contributed by atoms with Crippen molar-refractivity contribution in [3.63, 3.8) is 0 Å². The Morgan fingerprint density at radius 1 is 0.944 bits per heavy atom. The molecule has 3 heteroatoms. The molecule has 2 rings (SSSR count). The van der Waals surface area contributed by atoms with Crippen molar-refractivity contribution >= 4 is 16.7 Å².